The third kappa shape index (κ3) is 1.43. The van der Waals surface area contributed by atoms with Gasteiger partial charge < -0.3 is 4.52 Å². The molecule has 0 aromatic heterocycles. The van der Waals surface area contributed by atoms with Crippen molar-refractivity contribution in [2.24, 2.45) is 0 Å². The smallest absolute Gasteiger partial charge is 0.207 e. The van der Waals surface area contributed by atoms with Crippen LogP contribution < -0.4 is 0 Å². The third-order valence-electron chi connectivity index (χ3n) is 3.49. The van der Waals surface area contributed by atoms with Gasteiger partial charge in [0.2, 0.25) is 7.65 Å². The lowest BCUT2D eigenvalue weighted by Gasteiger charge is -2.30. The maximum atomic E-state index is 6.22. The van der Waals surface area contributed by atoms with Crippen LogP contribution >= 0.6 is 18.9 Å². The molecule has 2 aliphatic rings. The van der Waals surface area contributed by atoms with Crippen LogP contribution in [-0.4, -0.2) is 22.9 Å². The van der Waals surface area contributed by atoms with Gasteiger partial charge in [-0.2, -0.15) is 0 Å². The van der Waals surface area contributed by atoms with Gasteiger partial charge in [0.1, 0.15) is 0 Å². The molecule has 2 fully saturated rings. The summed E-state index contributed by atoms with van der Waals surface area (Å²) in [4.78, 5) is 0. The molecule has 0 spiro atoms. The maximum Gasteiger partial charge on any atom is 0.207 e. The Kier molecular flexibility index (Phi) is 2.86. The first-order chi connectivity index (χ1) is 6.23. The number of nitrogens with zero attached hydrogens (tertiary/aromatic N) is 1. The highest BCUT2D eigenvalue weighted by atomic mass is 35.7. The van der Waals surface area contributed by atoms with Crippen molar-refractivity contribution in [2.75, 3.05) is 6.54 Å². The summed E-state index contributed by atoms with van der Waals surface area (Å²) >= 11 is 6.22. The fourth-order valence-electron chi connectivity index (χ4n) is 2.59. The normalized spacial score (nSPS) is 38.1. The molecule has 0 aromatic rings. The predicted octanol–water partition coefficient (Wildman–Crippen LogP) is 3.51. The van der Waals surface area contributed by atoms with Gasteiger partial charge >= 0.3 is 0 Å². The van der Waals surface area contributed by atoms with Crippen LogP contribution in [0.3, 0.4) is 0 Å². The lowest BCUT2D eigenvalue weighted by Crippen LogP contribution is -2.40. The Morgan fingerprint density at radius 3 is 2.85 bits per heavy atom. The average Bonchev–Trinajstić information content (AvgIpc) is 2.69. The number of rotatable bonds is 2. The van der Waals surface area contributed by atoms with Crippen LogP contribution in [0.25, 0.3) is 0 Å². The Hall–Kier alpha value is 0.640. The van der Waals surface area contributed by atoms with Gasteiger partial charge in [0.05, 0.1) is 5.60 Å². The molecule has 0 aromatic carbocycles. The third-order valence-corrected chi connectivity index (χ3v) is 5.67. The molecule has 2 heterocycles. The lowest BCUT2D eigenvalue weighted by molar-refractivity contribution is 0.0616. The summed E-state index contributed by atoms with van der Waals surface area (Å²) in [6.45, 7) is 5.57. The fraction of sp³-hybridized carbons (Fsp3) is 1.00. The number of hydrogen-bond donors (Lipinski definition) is 0. The second kappa shape index (κ2) is 3.66. The van der Waals surface area contributed by atoms with Gasteiger partial charge in [-0.1, -0.05) is 13.8 Å². The molecular weight excluding hydrogens is 205 g/mol. The fourth-order valence-corrected chi connectivity index (χ4v) is 5.17. The van der Waals surface area contributed by atoms with Gasteiger partial charge in [-0.3, -0.25) is 0 Å². The first-order valence-corrected chi connectivity index (χ1v) is 7.27. The van der Waals surface area contributed by atoms with Crippen molar-refractivity contribution in [3.05, 3.63) is 0 Å². The SMILES string of the molecule is CCC1(CC)OP(Cl)N2CCC[C@H]21. The van der Waals surface area contributed by atoms with Crippen LogP contribution in [-0.2, 0) is 4.52 Å². The van der Waals surface area contributed by atoms with E-state index in [0.29, 0.717) is 6.04 Å². The minimum Gasteiger partial charge on any atom is -0.323 e. The molecule has 2 saturated heterocycles. The molecular formula is C9H17ClNOP. The summed E-state index contributed by atoms with van der Waals surface area (Å²) < 4.78 is 8.35. The van der Waals surface area contributed by atoms with Crippen LogP contribution in [0, 0.1) is 0 Å². The Balaban J connectivity index is 2.21. The first kappa shape index (κ1) is 10.2. The van der Waals surface area contributed by atoms with Crippen LogP contribution in [0.5, 0.6) is 0 Å². The van der Waals surface area contributed by atoms with Crippen molar-refractivity contribution in [1.29, 1.82) is 0 Å². The van der Waals surface area contributed by atoms with Crippen molar-refractivity contribution >= 4 is 18.9 Å². The van der Waals surface area contributed by atoms with Crippen molar-refractivity contribution in [3.8, 4) is 0 Å². The minimum absolute atomic E-state index is 0.0734. The summed E-state index contributed by atoms with van der Waals surface area (Å²) in [5, 5.41) is 0. The van der Waals surface area contributed by atoms with E-state index in [2.05, 4.69) is 18.5 Å². The first-order valence-electron chi connectivity index (χ1n) is 5.15. The monoisotopic (exact) mass is 221 g/mol. The van der Waals surface area contributed by atoms with Gasteiger partial charge in [0.25, 0.3) is 0 Å². The quantitative estimate of drug-likeness (QED) is 0.662. The molecule has 0 saturated carbocycles. The van der Waals surface area contributed by atoms with Gasteiger partial charge in [0, 0.05) is 12.6 Å². The molecule has 4 heteroatoms. The van der Waals surface area contributed by atoms with E-state index < -0.39 is 7.65 Å². The zero-order valence-electron chi connectivity index (χ0n) is 8.29. The molecule has 0 aliphatic carbocycles. The highest BCUT2D eigenvalue weighted by molar-refractivity contribution is 7.78. The highest BCUT2D eigenvalue weighted by Crippen LogP contribution is 2.63. The van der Waals surface area contributed by atoms with E-state index in [1.165, 1.54) is 12.8 Å². The second-order valence-corrected chi connectivity index (χ2v) is 5.93. The zero-order chi connectivity index (χ0) is 9.47. The lowest BCUT2D eigenvalue weighted by atomic mass is 9.88. The maximum absolute atomic E-state index is 6.22. The molecule has 0 N–H and O–H groups in total. The summed E-state index contributed by atoms with van der Waals surface area (Å²) in [5.74, 6) is 0. The minimum atomic E-state index is -0.799. The van der Waals surface area contributed by atoms with Crippen LogP contribution in [0.15, 0.2) is 0 Å². The Labute approximate surface area is 86.3 Å². The molecule has 0 radical (unpaired) electrons. The van der Waals surface area contributed by atoms with E-state index in [0.717, 1.165) is 19.4 Å². The summed E-state index contributed by atoms with van der Waals surface area (Å²) in [6.07, 6.45) is 4.75. The van der Waals surface area contributed by atoms with Gasteiger partial charge in [-0.25, -0.2) is 4.67 Å². The van der Waals surface area contributed by atoms with E-state index in [4.69, 9.17) is 15.8 Å². The van der Waals surface area contributed by atoms with Gasteiger partial charge in [-0.05, 0) is 36.9 Å². The molecule has 76 valence electrons. The zero-order valence-corrected chi connectivity index (χ0v) is 9.94. The van der Waals surface area contributed by atoms with Crippen molar-refractivity contribution in [2.45, 2.75) is 51.2 Å². The van der Waals surface area contributed by atoms with Gasteiger partial charge in [-0.15, -0.1) is 0 Å². The van der Waals surface area contributed by atoms with E-state index in [-0.39, 0.29) is 5.60 Å². The molecule has 0 amide bonds. The Morgan fingerprint density at radius 2 is 2.23 bits per heavy atom. The van der Waals surface area contributed by atoms with Crippen molar-refractivity contribution < 1.29 is 4.52 Å². The molecule has 1 unspecified atom stereocenters. The molecule has 2 atom stereocenters. The summed E-state index contributed by atoms with van der Waals surface area (Å²) in [6, 6.07) is 0.603. The van der Waals surface area contributed by atoms with E-state index in [9.17, 15) is 0 Å². The van der Waals surface area contributed by atoms with Crippen LogP contribution in [0.4, 0.5) is 0 Å². The number of halogens is 1. The molecule has 2 rings (SSSR count). The Bertz CT molecular complexity index is 198. The van der Waals surface area contributed by atoms with Crippen LogP contribution in [0.2, 0.25) is 0 Å². The number of hydrogen-bond acceptors (Lipinski definition) is 2. The van der Waals surface area contributed by atoms with E-state index in [1.54, 1.807) is 0 Å². The van der Waals surface area contributed by atoms with Gasteiger partial charge in [0.15, 0.2) is 0 Å². The van der Waals surface area contributed by atoms with E-state index >= 15 is 0 Å². The number of fused-ring (bicyclic) bond motifs is 1. The molecule has 0 bridgehead atoms. The molecule has 13 heavy (non-hydrogen) atoms. The summed E-state index contributed by atoms with van der Waals surface area (Å²) in [7, 11) is -0.799. The topological polar surface area (TPSA) is 12.5 Å². The Morgan fingerprint density at radius 1 is 1.54 bits per heavy atom. The van der Waals surface area contributed by atoms with Crippen molar-refractivity contribution in [1.82, 2.24) is 4.67 Å². The molecule has 2 nitrogen and oxygen atoms in total. The highest BCUT2D eigenvalue weighted by Gasteiger charge is 2.53. The van der Waals surface area contributed by atoms with Crippen molar-refractivity contribution in [3.63, 3.8) is 0 Å². The largest absolute Gasteiger partial charge is 0.323 e. The predicted molar refractivity (Wildman–Crippen MR) is 56.9 cm³/mol. The second-order valence-electron chi connectivity index (χ2n) is 3.91. The average molecular weight is 222 g/mol. The summed E-state index contributed by atoms with van der Waals surface area (Å²) in [5.41, 5.74) is 0.0734. The standard InChI is InChI=1S/C9H17ClNOP/c1-3-9(4-2)8-6-5-7-11(8)13(10)12-9/h8H,3-7H2,1-2H3/t8-,13?/m0/s1. The van der Waals surface area contributed by atoms with E-state index in [1.807, 2.05) is 0 Å². The van der Waals surface area contributed by atoms with Crippen LogP contribution in [0.1, 0.15) is 39.5 Å². The molecule has 2 aliphatic heterocycles.